The number of likely N-dealkylation sites (tertiary alicyclic amines) is 1. The highest BCUT2D eigenvalue weighted by molar-refractivity contribution is 6.30. The van der Waals surface area contributed by atoms with Crippen LogP contribution in [0, 0.1) is 5.92 Å². The molecule has 1 aliphatic heterocycles. The quantitative estimate of drug-likeness (QED) is 0.862. The number of halogens is 1. The van der Waals surface area contributed by atoms with Gasteiger partial charge >= 0.3 is 0 Å². The van der Waals surface area contributed by atoms with Crippen LogP contribution in [-0.2, 0) is 4.79 Å². The van der Waals surface area contributed by atoms with Gasteiger partial charge in [-0.25, -0.2) is 0 Å². The molecule has 1 fully saturated rings. The van der Waals surface area contributed by atoms with E-state index >= 15 is 0 Å². The molecule has 1 amide bonds. The van der Waals surface area contributed by atoms with Gasteiger partial charge in [0.15, 0.2) is 0 Å². The van der Waals surface area contributed by atoms with Gasteiger partial charge in [0.05, 0.1) is 6.10 Å². The number of hydrogen-bond donors (Lipinski definition) is 1. The predicted molar refractivity (Wildman–Crippen MR) is 76.2 cm³/mol. The van der Waals surface area contributed by atoms with E-state index in [1.165, 1.54) is 0 Å². The third-order valence-electron chi connectivity index (χ3n) is 3.88. The average molecular weight is 282 g/mol. The van der Waals surface area contributed by atoms with Crippen LogP contribution >= 0.6 is 11.6 Å². The van der Waals surface area contributed by atoms with Crippen molar-refractivity contribution in [2.24, 2.45) is 5.92 Å². The van der Waals surface area contributed by atoms with E-state index in [1.54, 1.807) is 4.90 Å². The maximum Gasteiger partial charge on any atom is 0.209 e. The molecular formula is C15H20ClNO2. The van der Waals surface area contributed by atoms with Crippen LogP contribution in [0.15, 0.2) is 24.3 Å². The summed E-state index contributed by atoms with van der Waals surface area (Å²) >= 11 is 5.91. The van der Waals surface area contributed by atoms with Gasteiger partial charge in [-0.1, -0.05) is 37.1 Å². The van der Waals surface area contributed by atoms with Crippen LogP contribution in [0.2, 0.25) is 5.02 Å². The Labute approximate surface area is 119 Å². The second-order valence-corrected chi connectivity index (χ2v) is 5.69. The van der Waals surface area contributed by atoms with Crippen LogP contribution < -0.4 is 0 Å². The molecule has 4 heteroatoms. The van der Waals surface area contributed by atoms with Crippen molar-refractivity contribution in [1.29, 1.82) is 0 Å². The van der Waals surface area contributed by atoms with E-state index in [2.05, 4.69) is 6.92 Å². The number of aliphatic hydroxyl groups is 1. The Kier molecular flexibility index (Phi) is 4.83. The van der Waals surface area contributed by atoms with Crippen molar-refractivity contribution in [2.45, 2.75) is 31.8 Å². The van der Waals surface area contributed by atoms with Crippen molar-refractivity contribution in [3.05, 3.63) is 34.9 Å². The number of amides is 1. The number of carbonyl (C=O) groups is 1. The molecule has 0 aliphatic carbocycles. The molecule has 1 aromatic rings. The minimum atomic E-state index is -0.503. The maximum absolute atomic E-state index is 10.9. The minimum absolute atomic E-state index is 0.0911. The molecule has 1 heterocycles. The molecule has 1 N–H and O–H groups in total. The third-order valence-corrected chi connectivity index (χ3v) is 4.13. The molecule has 3 atom stereocenters. The average Bonchev–Trinajstić information content (AvgIpc) is 2.40. The maximum atomic E-state index is 10.9. The zero-order chi connectivity index (χ0) is 13.8. The van der Waals surface area contributed by atoms with Gasteiger partial charge in [0.2, 0.25) is 6.41 Å². The molecule has 19 heavy (non-hydrogen) atoms. The highest BCUT2D eigenvalue weighted by Crippen LogP contribution is 2.36. The fraction of sp³-hybridized carbons (Fsp3) is 0.533. The summed E-state index contributed by atoms with van der Waals surface area (Å²) in [6.07, 6.45) is 2.39. The molecule has 1 aliphatic rings. The lowest BCUT2D eigenvalue weighted by Crippen LogP contribution is -2.47. The van der Waals surface area contributed by atoms with E-state index in [0.717, 1.165) is 31.4 Å². The molecule has 1 aromatic carbocycles. The molecule has 1 saturated heterocycles. The lowest BCUT2D eigenvalue weighted by atomic mass is 9.77. The van der Waals surface area contributed by atoms with Gasteiger partial charge in [-0.15, -0.1) is 0 Å². The largest absolute Gasteiger partial charge is 0.391 e. The molecule has 2 rings (SSSR count). The third kappa shape index (κ3) is 3.28. The number of piperidine rings is 1. The van der Waals surface area contributed by atoms with Crippen molar-refractivity contribution in [1.82, 2.24) is 4.90 Å². The zero-order valence-corrected chi connectivity index (χ0v) is 11.9. The first kappa shape index (κ1) is 14.4. The van der Waals surface area contributed by atoms with Gasteiger partial charge < -0.3 is 10.0 Å². The van der Waals surface area contributed by atoms with Crippen LogP contribution in [0.1, 0.15) is 31.2 Å². The lowest BCUT2D eigenvalue weighted by molar-refractivity contribution is -0.123. The molecule has 0 saturated carbocycles. The van der Waals surface area contributed by atoms with Crippen molar-refractivity contribution >= 4 is 18.0 Å². The molecule has 0 radical (unpaired) electrons. The fourth-order valence-corrected chi connectivity index (χ4v) is 3.19. The van der Waals surface area contributed by atoms with Crippen molar-refractivity contribution < 1.29 is 9.90 Å². The monoisotopic (exact) mass is 281 g/mol. The Hall–Kier alpha value is -1.06. The Morgan fingerprint density at radius 1 is 1.37 bits per heavy atom. The summed E-state index contributed by atoms with van der Waals surface area (Å²) in [5.41, 5.74) is 1.11. The normalized spacial score (nSPS) is 27.3. The molecule has 0 spiro atoms. The summed E-state index contributed by atoms with van der Waals surface area (Å²) < 4.78 is 0. The van der Waals surface area contributed by atoms with Gasteiger partial charge in [-0.2, -0.15) is 0 Å². The topological polar surface area (TPSA) is 40.5 Å². The summed E-state index contributed by atoms with van der Waals surface area (Å²) in [7, 11) is 0. The standard InChI is InChI=1S/C15H20ClNO2/c1-2-3-12-8-17(10-18)9-14(19)15(12)11-4-6-13(16)7-5-11/h4-7,10,12,14-15,19H,2-3,8-9H2,1H3. The van der Waals surface area contributed by atoms with Crippen LogP contribution in [0.5, 0.6) is 0 Å². The Morgan fingerprint density at radius 2 is 2.05 bits per heavy atom. The molecule has 104 valence electrons. The van der Waals surface area contributed by atoms with Crippen molar-refractivity contribution in [2.75, 3.05) is 13.1 Å². The first-order valence-electron chi connectivity index (χ1n) is 6.78. The summed E-state index contributed by atoms with van der Waals surface area (Å²) in [6.45, 7) is 3.27. The van der Waals surface area contributed by atoms with Gasteiger partial charge in [0.25, 0.3) is 0 Å². The first-order chi connectivity index (χ1) is 9.15. The number of rotatable bonds is 4. The highest BCUT2D eigenvalue weighted by Gasteiger charge is 2.35. The van der Waals surface area contributed by atoms with E-state index < -0.39 is 6.10 Å². The summed E-state index contributed by atoms with van der Waals surface area (Å²) in [4.78, 5) is 12.6. The molecule has 0 bridgehead atoms. The number of nitrogens with zero attached hydrogens (tertiary/aromatic N) is 1. The number of hydrogen-bond acceptors (Lipinski definition) is 2. The SMILES string of the molecule is CCCC1CN(C=O)CC(O)C1c1ccc(Cl)cc1. The van der Waals surface area contributed by atoms with Crippen LogP contribution in [0.25, 0.3) is 0 Å². The first-order valence-corrected chi connectivity index (χ1v) is 7.16. The Balaban J connectivity index is 2.24. The van der Waals surface area contributed by atoms with Crippen LogP contribution in [0.4, 0.5) is 0 Å². The number of aliphatic hydroxyl groups excluding tert-OH is 1. The fourth-order valence-electron chi connectivity index (χ4n) is 3.06. The smallest absolute Gasteiger partial charge is 0.209 e. The van der Waals surface area contributed by atoms with Crippen molar-refractivity contribution in [3.8, 4) is 0 Å². The summed E-state index contributed by atoms with van der Waals surface area (Å²) in [5.74, 6) is 0.397. The van der Waals surface area contributed by atoms with Gasteiger partial charge in [0.1, 0.15) is 0 Å². The number of carbonyl (C=O) groups excluding carboxylic acids is 1. The zero-order valence-electron chi connectivity index (χ0n) is 11.1. The summed E-state index contributed by atoms with van der Waals surface area (Å²) in [5, 5.41) is 11.1. The van der Waals surface area contributed by atoms with E-state index in [9.17, 15) is 9.90 Å². The highest BCUT2D eigenvalue weighted by atomic mass is 35.5. The van der Waals surface area contributed by atoms with Crippen LogP contribution in [0.3, 0.4) is 0 Å². The second-order valence-electron chi connectivity index (χ2n) is 5.25. The molecule has 3 nitrogen and oxygen atoms in total. The predicted octanol–water partition coefficient (Wildman–Crippen LogP) is 2.67. The van der Waals surface area contributed by atoms with E-state index in [4.69, 9.17) is 11.6 Å². The molecule has 0 aromatic heterocycles. The van der Waals surface area contributed by atoms with Gasteiger partial charge in [-0.3, -0.25) is 4.79 Å². The van der Waals surface area contributed by atoms with Gasteiger partial charge in [0, 0.05) is 24.0 Å². The number of β-amino-alcohol motifs (C(OH)–C–C–N with tert-alkyl or cyclic N) is 1. The lowest BCUT2D eigenvalue weighted by Gasteiger charge is -2.40. The van der Waals surface area contributed by atoms with Crippen LogP contribution in [-0.4, -0.2) is 35.6 Å². The number of benzene rings is 1. The van der Waals surface area contributed by atoms with E-state index in [0.29, 0.717) is 17.5 Å². The Morgan fingerprint density at radius 3 is 2.63 bits per heavy atom. The van der Waals surface area contributed by atoms with E-state index in [-0.39, 0.29) is 5.92 Å². The minimum Gasteiger partial charge on any atom is -0.391 e. The molecule has 3 unspecified atom stereocenters. The van der Waals surface area contributed by atoms with Crippen molar-refractivity contribution in [3.63, 3.8) is 0 Å². The Bertz CT molecular complexity index is 421. The summed E-state index contributed by atoms with van der Waals surface area (Å²) in [6, 6.07) is 7.68. The van der Waals surface area contributed by atoms with E-state index in [1.807, 2.05) is 24.3 Å². The second kappa shape index (κ2) is 6.40. The van der Waals surface area contributed by atoms with Gasteiger partial charge in [-0.05, 0) is 30.0 Å². The molecular weight excluding hydrogens is 262 g/mol.